The molecule has 0 aromatic heterocycles. The van der Waals surface area contributed by atoms with Crippen LogP contribution in [0.25, 0.3) is 0 Å². The van der Waals surface area contributed by atoms with Crippen molar-refractivity contribution in [2.45, 2.75) is 22.2 Å². The summed E-state index contributed by atoms with van der Waals surface area (Å²) in [6.07, 6.45) is 1.88. The number of carbonyl (C=O) groups is 1. The Bertz CT molecular complexity index is 987. The Hall–Kier alpha value is -3.18. The van der Waals surface area contributed by atoms with Gasteiger partial charge in [-0.2, -0.15) is 0 Å². The van der Waals surface area contributed by atoms with Crippen LogP contribution in [0.15, 0.2) is 96.4 Å². The second-order valence-electron chi connectivity index (χ2n) is 7.27. The fourth-order valence-corrected chi connectivity index (χ4v) is 5.10. The lowest BCUT2D eigenvalue weighted by Crippen LogP contribution is -2.63. The first-order valence-corrected chi connectivity index (χ1v) is 11.0. The van der Waals surface area contributed by atoms with Crippen LogP contribution in [-0.2, 0) is 4.79 Å². The van der Waals surface area contributed by atoms with Crippen molar-refractivity contribution in [3.05, 3.63) is 103 Å². The Morgan fingerprint density at radius 2 is 1.39 bits per heavy atom. The molecule has 3 aromatic carbocycles. The zero-order valence-corrected chi connectivity index (χ0v) is 18.4. The molecular formula is C26H25NO3S. The van der Waals surface area contributed by atoms with Gasteiger partial charge in [0, 0.05) is 4.90 Å². The molecule has 1 aliphatic heterocycles. The number of β-lactam (4-membered cyclic amide) rings is 1. The summed E-state index contributed by atoms with van der Waals surface area (Å²) < 4.78 is 10.6. The van der Waals surface area contributed by atoms with Gasteiger partial charge in [-0.1, -0.05) is 48.5 Å². The number of rotatable bonds is 8. The van der Waals surface area contributed by atoms with E-state index in [2.05, 4.69) is 6.58 Å². The van der Waals surface area contributed by atoms with Crippen molar-refractivity contribution in [3.63, 3.8) is 0 Å². The number of nitrogens with zero attached hydrogens (tertiary/aromatic N) is 1. The van der Waals surface area contributed by atoms with E-state index in [9.17, 15) is 4.79 Å². The summed E-state index contributed by atoms with van der Waals surface area (Å²) in [4.78, 5) is 16.4. The van der Waals surface area contributed by atoms with E-state index in [0.29, 0.717) is 0 Å². The molecule has 4 nitrogen and oxygen atoms in total. The predicted molar refractivity (Wildman–Crippen MR) is 125 cm³/mol. The van der Waals surface area contributed by atoms with Crippen LogP contribution >= 0.6 is 11.8 Å². The third-order valence-corrected chi connectivity index (χ3v) is 6.80. The summed E-state index contributed by atoms with van der Waals surface area (Å²) in [6.45, 7) is 4.04. The summed E-state index contributed by atoms with van der Waals surface area (Å²) in [5.41, 5.74) is 2.05. The molecule has 0 bridgehead atoms. The summed E-state index contributed by atoms with van der Waals surface area (Å²) in [5, 5.41) is -0.182. The van der Waals surface area contributed by atoms with Gasteiger partial charge in [-0.15, -0.1) is 18.3 Å². The lowest BCUT2D eigenvalue weighted by molar-refractivity contribution is -0.144. The normalized spacial score (nSPS) is 17.9. The molecular weight excluding hydrogens is 406 g/mol. The molecule has 1 heterocycles. The molecule has 3 aromatic rings. The van der Waals surface area contributed by atoms with Crippen LogP contribution in [0.2, 0.25) is 0 Å². The molecule has 0 radical (unpaired) electrons. The zero-order chi connectivity index (χ0) is 21.8. The summed E-state index contributed by atoms with van der Waals surface area (Å²) >= 11 is 1.59. The van der Waals surface area contributed by atoms with Gasteiger partial charge in [-0.3, -0.25) is 4.79 Å². The second kappa shape index (κ2) is 9.31. The Morgan fingerprint density at radius 1 is 0.871 bits per heavy atom. The van der Waals surface area contributed by atoms with E-state index in [-0.39, 0.29) is 23.2 Å². The SMILES string of the molecule is C=CC1C(Sc2ccccc2)C(=O)N1C(c1ccc(OC)cc1)c1ccc(OC)cc1. The maximum Gasteiger partial charge on any atom is 0.239 e. The van der Waals surface area contributed by atoms with Crippen molar-refractivity contribution in [1.29, 1.82) is 0 Å². The molecule has 0 N–H and O–H groups in total. The average Bonchev–Trinajstić information content (AvgIpc) is 2.84. The van der Waals surface area contributed by atoms with E-state index in [4.69, 9.17) is 9.47 Å². The van der Waals surface area contributed by atoms with E-state index in [1.807, 2.05) is 89.8 Å². The lowest BCUT2D eigenvalue weighted by Gasteiger charge is -2.50. The van der Waals surface area contributed by atoms with E-state index in [0.717, 1.165) is 27.5 Å². The van der Waals surface area contributed by atoms with Crippen molar-refractivity contribution in [3.8, 4) is 11.5 Å². The van der Waals surface area contributed by atoms with Gasteiger partial charge < -0.3 is 14.4 Å². The minimum atomic E-state index is -0.222. The van der Waals surface area contributed by atoms with Crippen LogP contribution < -0.4 is 9.47 Å². The summed E-state index contributed by atoms with van der Waals surface area (Å²) in [7, 11) is 3.29. The summed E-state index contributed by atoms with van der Waals surface area (Å²) in [5.74, 6) is 1.67. The Morgan fingerprint density at radius 3 is 1.84 bits per heavy atom. The standard InChI is InChI=1S/C26H25NO3S/c1-4-23-25(31-22-8-6-5-7-9-22)26(28)27(23)24(18-10-14-20(29-2)15-11-18)19-12-16-21(30-3)17-13-19/h4-17,23-25H,1H2,2-3H3. The van der Waals surface area contributed by atoms with Crippen LogP contribution in [0, 0.1) is 0 Å². The molecule has 31 heavy (non-hydrogen) atoms. The molecule has 2 atom stereocenters. The Kier molecular flexibility index (Phi) is 6.33. The van der Waals surface area contributed by atoms with Crippen LogP contribution in [0.4, 0.5) is 0 Å². The predicted octanol–water partition coefficient (Wildman–Crippen LogP) is 5.35. The Labute approximate surface area is 187 Å². The van der Waals surface area contributed by atoms with Crippen LogP contribution in [0.5, 0.6) is 11.5 Å². The van der Waals surface area contributed by atoms with Crippen molar-refractivity contribution < 1.29 is 14.3 Å². The fourth-order valence-electron chi connectivity index (χ4n) is 3.89. The maximum atomic E-state index is 13.4. The molecule has 1 saturated heterocycles. The van der Waals surface area contributed by atoms with Crippen molar-refractivity contribution >= 4 is 17.7 Å². The Balaban J connectivity index is 1.68. The smallest absolute Gasteiger partial charge is 0.239 e. The van der Waals surface area contributed by atoms with E-state index in [1.54, 1.807) is 26.0 Å². The van der Waals surface area contributed by atoms with Gasteiger partial charge in [-0.05, 0) is 47.5 Å². The van der Waals surface area contributed by atoms with Crippen LogP contribution in [-0.4, -0.2) is 36.3 Å². The van der Waals surface area contributed by atoms with Gasteiger partial charge in [0.1, 0.15) is 16.7 Å². The highest BCUT2D eigenvalue weighted by Gasteiger charge is 2.50. The number of hydrogen-bond acceptors (Lipinski definition) is 4. The highest BCUT2D eigenvalue weighted by atomic mass is 32.2. The molecule has 1 amide bonds. The number of methoxy groups -OCH3 is 2. The molecule has 0 saturated carbocycles. The van der Waals surface area contributed by atoms with E-state index in [1.165, 1.54) is 0 Å². The zero-order valence-electron chi connectivity index (χ0n) is 17.6. The highest BCUT2D eigenvalue weighted by Crippen LogP contribution is 2.44. The maximum absolute atomic E-state index is 13.4. The fraction of sp³-hybridized carbons (Fsp3) is 0.192. The quantitative estimate of drug-likeness (QED) is 0.356. The molecule has 2 unspecified atom stereocenters. The molecule has 158 valence electrons. The van der Waals surface area contributed by atoms with Crippen molar-refractivity contribution in [2.75, 3.05) is 14.2 Å². The minimum Gasteiger partial charge on any atom is -0.497 e. The second-order valence-corrected chi connectivity index (χ2v) is 8.49. The molecule has 0 spiro atoms. The van der Waals surface area contributed by atoms with Gasteiger partial charge in [0.25, 0.3) is 0 Å². The van der Waals surface area contributed by atoms with Crippen molar-refractivity contribution in [1.82, 2.24) is 4.90 Å². The van der Waals surface area contributed by atoms with E-state index >= 15 is 0 Å². The van der Waals surface area contributed by atoms with Gasteiger partial charge in [0.2, 0.25) is 5.91 Å². The number of ether oxygens (including phenoxy) is 2. The molecule has 1 aliphatic rings. The first kappa shape index (κ1) is 21.1. The van der Waals surface area contributed by atoms with E-state index < -0.39 is 0 Å². The van der Waals surface area contributed by atoms with Gasteiger partial charge in [-0.25, -0.2) is 0 Å². The third kappa shape index (κ3) is 4.19. The first-order valence-electron chi connectivity index (χ1n) is 10.1. The van der Waals surface area contributed by atoms with Crippen molar-refractivity contribution in [2.24, 2.45) is 0 Å². The average molecular weight is 432 g/mol. The van der Waals surface area contributed by atoms with Crippen LogP contribution in [0.1, 0.15) is 17.2 Å². The topological polar surface area (TPSA) is 38.8 Å². The third-order valence-electron chi connectivity index (χ3n) is 5.52. The van der Waals surface area contributed by atoms with Gasteiger partial charge >= 0.3 is 0 Å². The number of benzene rings is 3. The van der Waals surface area contributed by atoms with Gasteiger partial charge in [0.15, 0.2) is 0 Å². The lowest BCUT2D eigenvalue weighted by atomic mass is 9.89. The monoisotopic (exact) mass is 431 g/mol. The largest absolute Gasteiger partial charge is 0.497 e. The number of hydrogen-bond donors (Lipinski definition) is 0. The van der Waals surface area contributed by atoms with Gasteiger partial charge in [0.05, 0.1) is 26.3 Å². The molecule has 5 heteroatoms. The van der Waals surface area contributed by atoms with Crippen LogP contribution in [0.3, 0.4) is 0 Å². The number of carbonyl (C=O) groups excluding carboxylic acids is 1. The number of likely N-dealkylation sites (tertiary alicyclic amines) is 1. The number of thioether (sulfide) groups is 1. The molecule has 1 fully saturated rings. The number of amides is 1. The first-order chi connectivity index (χ1) is 15.2. The minimum absolute atomic E-state index is 0.0769. The summed E-state index contributed by atoms with van der Waals surface area (Å²) in [6, 6.07) is 25.5. The molecule has 4 rings (SSSR count). The highest BCUT2D eigenvalue weighted by molar-refractivity contribution is 8.00. The molecule has 0 aliphatic carbocycles.